The van der Waals surface area contributed by atoms with Crippen molar-refractivity contribution in [1.82, 2.24) is 15.5 Å². The van der Waals surface area contributed by atoms with Crippen LogP contribution in [0.2, 0.25) is 0 Å². The lowest BCUT2D eigenvalue weighted by Gasteiger charge is -1.93. The predicted octanol–water partition coefficient (Wildman–Crippen LogP) is 1.16. The van der Waals surface area contributed by atoms with Gasteiger partial charge >= 0.3 is 0 Å². The second-order valence-corrected chi connectivity index (χ2v) is 4.56. The highest BCUT2D eigenvalue weighted by Crippen LogP contribution is 2.20. The molecule has 0 aliphatic rings. The topological polar surface area (TPSA) is 37.8 Å². The van der Waals surface area contributed by atoms with Crippen LogP contribution < -0.4 is 5.32 Å². The fourth-order valence-electron chi connectivity index (χ4n) is 0.577. The van der Waals surface area contributed by atoms with Crippen molar-refractivity contribution in [3.63, 3.8) is 0 Å². The van der Waals surface area contributed by atoms with E-state index in [0.29, 0.717) is 0 Å². The first-order chi connectivity index (χ1) is 5.33. The average molecular weight is 189 g/mol. The van der Waals surface area contributed by atoms with Gasteiger partial charge in [-0.3, -0.25) is 0 Å². The van der Waals surface area contributed by atoms with Crippen molar-refractivity contribution in [2.45, 2.75) is 11.3 Å². The molecule has 0 aliphatic carbocycles. The largest absolute Gasteiger partial charge is 0.319 e. The van der Waals surface area contributed by atoms with Crippen molar-refractivity contribution in [3.05, 3.63) is 5.01 Å². The first kappa shape index (κ1) is 8.96. The summed E-state index contributed by atoms with van der Waals surface area (Å²) in [7, 11) is 1.95. The molecule has 0 atom stereocenters. The fraction of sp³-hybridized carbons (Fsp3) is 0.667. The molecule has 1 aromatic heterocycles. The molecule has 0 bridgehead atoms. The normalized spacial score (nSPS) is 10.4. The zero-order valence-corrected chi connectivity index (χ0v) is 8.26. The third-order valence-corrected chi connectivity index (χ3v) is 3.06. The van der Waals surface area contributed by atoms with E-state index in [1.807, 2.05) is 14.0 Å². The number of nitrogens with zero attached hydrogens (tertiary/aromatic N) is 2. The van der Waals surface area contributed by atoms with Crippen LogP contribution in [0.4, 0.5) is 0 Å². The van der Waals surface area contributed by atoms with Crippen LogP contribution in [0.25, 0.3) is 0 Å². The van der Waals surface area contributed by atoms with Crippen molar-refractivity contribution in [3.8, 4) is 0 Å². The van der Waals surface area contributed by atoms with Crippen molar-refractivity contribution in [2.75, 3.05) is 19.3 Å². The van der Waals surface area contributed by atoms with E-state index in [-0.39, 0.29) is 0 Å². The van der Waals surface area contributed by atoms with Crippen LogP contribution in [-0.2, 0) is 0 Å². The van der Waals surface area contributed by atoms with Crippen LogP contribution in [0.15, 0.2) is 4.34 Å². The summed E-state index contributed by atoms with van der Waals surface area (Å²) in [6.07, 6.45) is 0. The molecule has 0 aromatic carbocycles. The Balaban J connectivity index is 2.27. The number of thioether (sulfide) groups is 1. The highest BCUT2D eigenvalue weighted by atomic mass is 32.2. The smallest absolute Gasteiger partial charge is 0.174 e. The highest BCUT2D eigenvalue weighted by molar-refractivity contribution is 8.01. The van der Waals surface area contributed by atoms with Gasteiger partial charge < -0.3 is 5.32 Å². The molecular formula is C6H11N3S2. The Hall–Kier alpha value is -0.130. The molecule has 0 fully saturated rings. The maximum atomic E-state index is 3.99. The number of aryl methyl sites for hydroxylation is 1. The van der Waals surface area contributed by atoms with Crippen molar-refractivity contribution >= 4 is 23.1 Å². The summed E-state index contributed by atoms with van der Waals surface area (Å²) in [6, 6.07) is 0. The summed E-state index contributed by atoms with van der Waals surface area (Å²) >= 11 is 3.40. The molecule has 1 rings (SSSR count). The maximum absolute atomic E-state index is 3.99. The van der Waals surface area contributed by atoms with E-state index in [9.17, 15) is 0 Å². The molecule has 0 saturated carbocycles. The molecular weight excluding hydrogens is 178 g/mol. The molecule has 0 radical (unpaired) electrons. The Bertz CT molecular complexity index is 211. The van der Waals surface area contributed by atoms with Gasteiger partial charge in [-0.15, -0.1) is 10.2 Å². The monoisotopic (exact) mass is 189 g/mol. The molecule has 62 valence electrons. The van der Waals surface area contributed by atoms with E-state index in [4.69, 9.17) is 0 Å². The Labute approximate surface area is 74.6 Å². The molecule has 0 saturated heterocycles. The fourth-order valence-corrected chi connectivity index (χ4v) is 2.42. The molecule has 5 heteroatoms. The first-order valence-corrected chi connectivity index (χ1v) is 5.20. The summed E-state index contributed by atoms with van der Waals surface area (Å²) in [5.74, 6) is 1.06. The molecule has 1 aromatic rings. The summed E-state index contributed by atoms with van der Waals surface area (Å²) in [6.45, 7) is 2.99. The van der Waals surface area contributed by atoms with Gasteiger partial charge in [0.25, 0.3) is 0 Å². The van der Waals surface area contributed by atoms with Crippen molar-refractivity contribution < 1.29 is 0 Å². The minimum absolute atomic E-state index is 1.02. The van der Waals surface area contributed by atoms with E-state index >= 15 is 0 Å². The molecule has 0 aliphatic heterocycles. The number of nitrogens with one attached hydrogen (secondary N) is 1. The standard InChI is InChI=1S/C6H11N3S2/c1-5-8-9-6(11-5)10-4-3-7-2/h7H,3-4H2,1-2H3. The van der Waals surface area contributed by atoms with Crippen molar-refractivity contribution in [1.29, 1.82) is 0 Å². The van der Waals surface area contributed by atoms with Crippen molar-refractivity contribution in [2.24, 2.45) is 0 Å². The van der Waals surface area contributed by atoms with Gasteiger partial charge in [0.15, 0.2) is 4.34 Å². The zero-order valence-electron chi connectivity index (χ0n) is 6.63. The van der Waals surface area contributed by atoms with Gasteiger partial charge in [-0.25, -0.2) is 0 Å². The van der Waals surface area contributed by atoms with Gasteiger partial charge in [-0.05, 0) is 14.0 Å². The SMILES string of the molecule is CNCCSc1nnc(C)s1. The van der Waals surface area contributed by atoms with Gasteiger partial charge in [-0.1, -0.05) is 23.1 Å². The Morgan fingerprint density at radius 3 is 2.91 bits per heavy atom. The van der Waals surface area contributed by atoms with E-state index in [1.54, 1.807) is 23.1 Å². The maximum Gasteiger partial charge on any atom is 0.174 e. The Morgan fingerprint density at radius 2 is 2.36 bits per heavy atom. The minimum Gasteiger partial charge on any atom is -0.319 e. The van der Waals surface area contributed by atoms with Crippen LogP contribution in [0.5, 0.6) is 0 Å². The molecule has 0 unspecified atom stereocenters. The van der Waals surface area contributed by atoms with E-state index in [2.05, 4.69) is 15.5 Å². The second-order valence-electron chi connectivity index (χ2n) is 2.04. The lowest BCUT2D eigenvalue weighted by Crippen LogP contribution is -2.09. The van der Waals surface area contributed by atoms with Crippen LogP contribution >= 0.6 is 23.1 Å². The van der Waals surface area contributed by atoms with Gasteiger partial charge in [0, 0.05) is 12.3 Å². The second kappa shape index (κ2) is 4.69. The number of hydrogen-bond acceptors (Lipinski definition) is 5. The zero-order chi connectivity index (χ0) is 8.10. The molecule has 1 N–H and O–H groups in total. The number of rotatable bonds is 4. The van der Waals surface area contributed by atoms with Crippen LogP contribution in [0.3, 0.4) is 0 Å². The predicted molar refractivity (Wildman–Crippen MR) is 49.3 cm³/mol. The van der Waals surface area contributed by atoms with Gasteiger partial charge in [0.2, 0.25) is 0 Å². The van der Waals surface area contributed by atoms with Gasteiger partial charge in [0.1, 0.15) is 5.01 Å². The average Bonchev–Trinajstić information content (AvgIpc) is 2.37. The number of hydrogen-bond donors (Lipinski definition) is 1. The molecule has 3 nitrogen and oxygen atoms in total. The summed E-state index contributed by atoms with van der Waals surface area (Å²) in [5, 5.41) is 12.0. The molecule has 1 heterocycles. The van der Waals surface area contributed by atoms with Gasteiger partial charge in [-0.2, -0.15) is 0 Å². The van der Waals surface area contributed by atoms with Gasteiger partial charge in [0.05, 0.1) is 0 Å². The first-order valence-electron chi connectivity index (χ1n) is 3.40. The summed E-state index contributed by atoms with van der Waals surface area (Å²) < 4.78 is 1.07. The molecule has 11 heavy (non-hydrogen) atoms. The third-order valence-electron chi connectivity index (χ3n) is 1.09. The quantitative estimate of drug-likeness (QED) is 0.570. The lowest BCUT2D eigenvalue weighted by atomic mass is 10.8. The Morgan fingerprint density at radius 1 is 1.55 bits per heavy atom. The summed E-state index contributed by atoms with van der Waals surface area (Å²) in [5.41, 5.74) is 0. The van der Waals surface area contributed by atoms with Crippen LogP contribution in [-0.4, -0.2) is 29.5 Å². The lowest BCUT2D eigenvalue weighted by molar-refractivity contribution is 0.870. The van der Waals surface area contributed by atoms with E-state index < -0.39 is 0 Å². The highest BCUT2D eigenvalue weighted by Gasteiger charge is 1.98. The Kier molecular flexibility index (Phi) is 3.82. The van der Waals surface area contributed by atoms with Crippen LogP contribution in [0.1, 0.15) is 5.01 Å². The van der Waals surface area contributed by atoms with E-state index in [0.717, 1.165) is 21.6 Å². The molecule has 0 spiro atoms. The molecule has 0 amide bonds. The summed E-state index contributed by atoms with van der Waals surface area (Å²) in [4.78, 5) is 0. The van der Waals surface area contributed by atoms with E-state index in [1.165, 1.54) is 0 Å². The number of aromatic nitrogens is 2. The third kappa shape index (κ3) is 3.18. The van der Waals surface area contributed by atoms with Crippen LogP contribution in [0, 0.1) is 6.92 Å². The minimum atomic E-state index is 1.02.